The Hall–Kier alpha value is -2.23. The first-order chi connectivity index (χ1) is 9.10. The summed E-state index contributed by atoms with van der Waals surface area (Å²) in [6, 6.07) is 10.9. The van der Waals surface area contributed by atoms with Gasteiger partial charge in [0.2, 0.25) is 5.76 Å². The average Bonchev–Trinajstić information content (AvgIpc) is 2.87. The molecule has 4 heteroatoms. The van der Waals surface area contributed by atoms with E-state index >= 15 is 0 Å². The molecule has 1 heterocycles. The van der Waals surface area contributed by atoms with Gasteiger partial charge in [-0.05, 0) is 50.2 Å². The highest BCUT2D eigenvalue weighted by Crippen LogP contribution is 2.25. The molecule has 0 unspecified atom stereocenters. The Labute approximate surface area is 111 Å². The monoisotopic (exact) mass is 260 g/mol. The highest BCUT2D eigenvalue weighted by molar-refractivity contribution is 5.87. The lowest BCUT2D eigenvalue weighted by molar-refractivity contribution is 0.0566. The fourth-order valence-electron chi connectivity index (χ4n) is 1.67. The van der Waals surface area contributed by atoms with Crippen molar-refractivity contribution in [1.82, 2.24) is 0 Å². The molecule has 1 aromatic carbocycles. The summed E-state index contributed by atoms with van der Waals surface area (Å²) in [5.74, 6) is 1.14. The molecule has 0 aliphatic carbocycles. The first-order valence-corrected chi connectivity index (χ1v) is 6.05. The zero-order valence-corrected chi connectivity index (χ0v) is 11.2. The van der Waals surface area contributed by atoms with E-state index in [1.807, 2.05) is 38.1 Å². The molecule has 19 heavy (non-hydrogen) atoms. The summed E-state index contributed by atoms with van der Waals surface area (Å²) in [5, 5.41) is 0. The summed E-state index contributed by atoms with van der Waals surface area (Å²) in [6.07, 6.45) is 0.139. The molecule has 0 aliphatic rings. The maximum atomic E-state index is 11.3. The van der Waals surface area contributed by atoms with Crippen LogP contribution in [0.1, 0.15) is 24.4 Å². The molecule has 1 aromatic heterocycles. The van der Waals surface area contributed by atoms with Gasteiger partial charge in [-0.1, -0.05) is 0 Å². The van der Waals surface area contributed by atoms with E-state index in [-0.39, 0.29) is 11.9 Å². The summed E-state index contributed by atoms with van der Waals surface area (Å²) in [7, 11) is 1.32. The molecular weight excluding hydrogens is 244 g/mol. The van der Waals surface area contributed by atoms with Crippen LogP contribution in [0, 0.1) is 0 Å². The van der Waals surface area contributed by atoms with Crippen molar-refractivity contribution in [3.8, 4) is 17.1 Å². The Balaban J connectivity index is 2.18. The molecule has 2 aromatic rings. The van der Waals surface area contributed by atoms with Crippen LogP contribution in [0.3, 0.4) is 0 Å². The lowest BCUT2D eigenvalue weighted by Gasteiger charge is -2.09. The molecule has 0 fully saturated rings. The summed E-state index contributed by atoms with van der Waals surface area (Å²) < 4.78 is 15.6. The zero-order chi connectivity index (χ0) is 13.8. The molecule has 0 N–H and O–H groups in total. The van der Waals surface area contributed by atoms with Crippen molar-refractivity contribution in [2.45, 2.75) is 20.0 Å². The third kappa shape index (κ3) is 3.16. The number of hydrogen-bond acceptors (Lipinski definition) is 4. The van der Waals surface area contributed by atoms with E-state index in [0.29, 0.717) is 5.76 Å². The largest absolute Gasteiger partial charge is 0.491 e. The Kier molecular flexibility index (Phi) is 3.90. The van der Waals surface area contributed by atoms with Gasteiger partial charge in [-0.2, -0.15) is 0 Å². The maximum Gasteiger partial charge on any atom is 0.373 e. The number of hydrogen-bond donors (Lipinski definition) is 0. The summed E-state index contributed by atoms with van der Waals surface area (Å²) >= 11 is 0. The van der Waals surface area contributed by atoms with Crippen molar-refractivity contribution in [1.29, 1.82) is 0 Å². The van der Waals surface area contributed by atoms with Gasteiger partial charge >= 0.3 is 5.97 Å². The number of carbonyl (C=O) groups is 1. The highest BCUT2D eigenvalue weighted by atomic mass is 16.5. The molecule has 0 atom stereocenters. The van der Waals surface area contributed by atoms with Gasteiger partial charge < -0.3 is 13.9 Å². The molecule has 100 valence electrons. The maximum absolute atomic E-state index is 11.3. The van der Waals surface area contributed by atoms with Gasteiger partial charge in [0.1, 0.15) is 11.5 Å². The quantitative estimate of drug-likeness (QED) is 0.789. The SMILES string of the molecule is COC(=O)c1ccc(-c2ccc(OC(C)C)cc2)o1. The van der Waals surface area contributed by atoms with Crippen molar-refractivity contribution in [2.75, 3.05) is 7.11 Å². The number of benzene rings is 1. The fraction of sp³-hybridized carbons (Fsp3) is 0.267. The third-order valence-corrected chi connectivity index (χ3v) is 2.50. The Bertz CT molecular complexity index is 552. The zero-order valence-electron chi connectivity index (χ0n) is 11.2. The number of methoxy groups -OCH3 is 1. The van der Waals surface area contributed by atoms with Crippen LogP contribution >= 0.6 is 0 Å². The van der Waals surface area contributed by atoms with E-state index in [4.69, 9.17) is 9.15 Å². The van der Waals surface area contributed by atoms with Gasteiger partial charge in [-0.25, -0.2) is 4.79 Å². The summed E-state index contributed by atoms with van der Waals surface area (Å²) in [4.78, 5) is 11.3. The first-order valence-electron chi connectivity index (χ1n) is 6.05. The standard InChI is InChI=1S/C15H16O4/c1-10(2)18-12-6-4-11(5-7-12)13-8-9-14(19-13)15(16)17-3/h4-10H,1-3H3. The molecule has 0 saturated heterocycles. The Morgan fingerprint density at radius 2 is 1.79 bits per heavy atom. The van der Waals surface area contributed by atoms with Crippen molar-refractivity contribution in [3.05, 3.63) is 42.2 Å². The second-order valence-electron chi connectivity index (χ2n) is 4.35. The predicted molar refractivity (Wildman–Crippen MR) is 71.2 cm³/mol. The van der Waals surface area contributed by atoms with E-state index in [9.17, 15) is 4.79 Å². The fourth-order valence-corrected chi connectivity index (χ4v) is 1.67. The normalized spacial score (nSPS) is 10.5. The number of furan rings is 1. The molecule has 0 spiro atoms. The van der Waals surface area contributed by atoms with E-state index < -0.39 is 5.97 Å². The van der Waals surface area contributed by atoms with E-state index in [1.165, 1.54) is 7.11 Å². The highest BCUT2D eigenvalue weighted by Gasteiger charge is 2.12. The van der Waals surface area contributed by atoms with Crippen LogP contribution in [0.15, 0.2) is 40.8 Å². The second kappa shape index (κ2) is 5.61. The smallest absolute Gasteiger partial charge is 0.373 e. The minimum atomic E-state index is -0.481. The van der Waals surface area contributed by atoms with Gasteiger partial charge in [0, 0.05) is 5.56 Å². The Morgan fingerprint density at radius 3 is 2.37 bits per heavy atom. The van der Waals surface area contributed by atoms with Crippen LogP contribution in [0.2, 0.25) is 0 Å². The van der Waals surface area contributed by atoms with Crippen molar-refractivity contribution in [3.63, 3.8) is 0 Å². The third-order valence-electron chi connectivity index (χ3n) is 2.50. The molecule has 0 amide bonds. The van der Waals surface area contributed by atoms with Crippen LogP contribution in [-0.4, -0.2) is 19.2 Å². The number of ether oxygens (including phenoxy) is 2. The number of rotatable bonds is 4. The lowest BCUT2D eigenvalue weighted by Crippen LogP contribution is -2.05. The van der Waals surface area contributed by atoms with Gasteiger partial charge in [0.05, 0.1) is 13.2 Å². The molecule has 0 radical (unpaired) electrons. The molecule has 2 rings (SSSR count). The van der Waals surface area contributed by atoms with Crippen molar-refractivity contribution >= 4 is 5.97 Å². The number of carbonyl (C=O) groups excluding carboxylic acids is 1. The molecule has 0 bridgehead atoms. The lowest BCUT2D eigenvalue weighted by atomic mass is 10.2. The van der Waals surface area contributed by atoms with Gasteiger partial charge in [0.15, 0.2) is 0 Å². The minimum Gasteiger partial charge on any atom is -0.491 e. The van der Waals surface area contributed by atoms with E-state index in [1.54, 1.807) is 12.1 Å². The van der Waals surface area contributed by atoms with Crippen LogP contribution in [0.5, 0.6) is 5.75 Å². The van der Waals surface area contributed by atoms with Crippen LogP contribution in [0.4, 0.5) is 0 Å². The van der Waals surface area contributed by atoms with Crippen molar-refractivity contribution in [2.24, 2.45) is 0 Å². The summed E-state index contributed by atoms with van der Waals surface area (Å²) in [6.45, 7) is 3.95. The minimum absolute atomic E-state index is 0.139. The van der Waals surface area contributed by atoms with Crippen LogP contribution in [0.25, 0.3) is 11.3 Å². The van der Waals surface area contributed by atoms with Crippen LogP contribution in [-0.2, 0) is 4.74 Å². The Morgan fingerprint density at radius 1 is 1.11 bits per heavy atom. The second-order valence-corrected chi connectivity index (χ2v) is 4.35. The van der Waals surface area contributed by atoms with Gasteiger partial charge in [-0.3, -0.25) is 0 Å². The van der Waals surface area contributed by atoms with Gasteiger partial charge in [-0.15, -0.1) is 0 Å². The van der Waals surface area contributed by atoms with E-state index in [2.05, 4.69) is 4.74 Å². The number of esters is 1. The van der Waals surface area contributed by atoms with E-state index in [0.717, 1.165) is 11.3 Å². The molecule has 0 saturated carbocycles. The molecule has 0 aliphatic heterocycles. The average molecular weight is 260 g/mol. The topological polar surface area (TPSA) is 48.7 Å². The first kappa shape index (κ1) is 13.2. The van der Waals surface area contributed by atoms with Gasteiger partial charge in [0.25, 0.3) is 0 Å². The summed E-state index contributed by atoms with van der Waals surface area (Å²) in [5.41, 5.74) is 0.881. The predicted octanol–water partition coefficient (Wildman–Crippen LogP) is 3.52. The molecule has 4 nitrogen and oxygen atoms in total. The van der Waals surface area contributed by atoms with Crippen molar-refractivity contribution < 1.29 is 18.7 Å². The molecular formula is C15H16O4. The van der Waals surface area contributed by atoms with Crippen LogP contribution < -0.4 is 4.74 Å².